The largest absolute Gasteiger partial charge is 0.305 e. The Morgan fingerprint density at radius 3 is 1.30 bits per heavy atom. The first-order valence-corrected chi connectivity index (χ1v) is 10.4. The predicted molar refractivity (Wildman–Crippen MR) is 127 cm³/mol. The summed E-state index contributed by atoms with van der Waals surface area (Å²) in [5.41, 5.74) is 7.67. The summed E-state index contributed by atoms with van der Waals surface area (Å²) in [5.74, 6) is 0. The summed E-state index contributed by atoms with van der Waals surface area (Å²) < 4.78 is 4.96. The topological polar surface area (TPSA) is 8.82 Å². The number of para-hydroxylation sites is 2. The van der Waals surface area contributed by atoms with E-state index in [9.17, 15) is 0 Å². The van der Waals surface area contributed by atoms with Gasteiger partial charge < -0.3 is 8.80 Å². The number of rotatable bonds is 0. The monoisotopic (exact) mass is 380 g/mol. The molecule has 0 atom stereocenters. The molecule has 8 aromatic rings. The molecule has 138 valence electrons. The molecule has 0 aliphatic heterocycles. The van der Waals surface area contributed by atoms with E-state index >= 15 is 0 Å². The van der Waals surface area contributed by atoms with Crippen molar-refractivity contribution in [2.24, 2.45) is 0 Å². The molecule has 0 saturated carbocycles. The maximum atomic E-state index is 2.48. The lowest BCUT2D eigenvalue weighted by atomic mass is 10.1. The van der Waals surface area contributed by atoms with Gasteiger partial charge in [-0.25, -0.2) is 0 Å². The zero-order valence-corrected chi connectivity index (χ0v) is 16.1. The fourth-order valence-corrected chi connectivity index (χ4v) is 5.58. The van der Waals surface area contributed by atoms with E-state index in [1.165, 1.54) is 65.4 Å². The van der Waals surface area contributed by atoms with Gasteiger partial charge in [-0.2, -0.15) is 0 Å². The molecule has 0 amide bonds. The van der Waals surface area contributed by atoms with Crippen LogP contribution in [0.4, 0.5) is 0 Å². The van der Waals surface area contributed by atoms with Gasteiger partial charge in [-0.15, -0.1) is 0 Å². The van der Waals surface area contributed by atoms with Crippen molar-refractivity contribution >= 4 is 65.4 Å². The van der Waals surface area contributed by atoms with Gasteiger partial charge in [0.25, 0.3) is 0 Å². The highest BCUT2D eigenvalue weighted by Gasteiger charge is 2.21. The van der Waals surface area contributed by atoms with Crippen LogP contribution >= 0.6 is 0 Å². The standard InChI is InChI=1S/C28H16N2/c1-2-8-18-16-26-25(15-17(18)7-1)29-23-11-5-3-9-19(23)21-13-14-22-20-10-4-6-12-24(20)30(26)28(22)27(21)29/h1-16H. The second-order valence-corrected chi connectivity index (χ2v) is 8.25. The molecule has 8 rings (SSSR count). The molecule has 3 heterocycles. The van der Waals surface area contributed by atoms with Crippen molar-refractivity contribution in [3.05, 3.63) is 97.1 Å². The Labute approximate surface area is 171 Å². The van der Waals surface area contributed by atoms with Crippen LogP contribution in [0.1, 0.15) is 0 Å². The van der Waals surface area contributed by atoms with Crippen molar-refractivity contribution in [1.82, 2.24) is 8.80 Å². The van der Waals surface area contributed by atoms with E-state index in [4.69, 9.17) is 0 Å². The molecular weight excluding hydrogens is 364 g/mol. The number of benzene rings is 5. The fourth-order valence-electron chi connectivity index (χ4n) is 5.58. The molecule has 0 saturated heterocycles. The Bertz CT molecular complexity index is 1810. The minimum atomic E-state index is 1.25. The van der Waals surface area contributed by atoms with Crippen molar-refractivity contribution < 1.29 is 0 Å². The number of hydrogen-bond donors (Lipinski definition) is 0. The lowest BCUT2D eigenvalue weighted by molar-refractivity contribution is 1.26. The van der Waals surface area contributed by atoms with Gasteiger partial charge in [-0.05, 0) is 35.0 Å². The number of nitrogens with zero attached hydrogens (tertiary/aromatic N) is 2. The average molecular weight is 380 g/mol. The third-order valence-corrected chi connectivity index (χ3v) is 6.79. The van der Waals surface area contributed by atoms with Gasteiger partial charge in [0.2, 0.25) is 0 Å². The molecular formula is C28H16N2. The Balaban J connectivity index is 1.87. The van der Waals surface area contributed by atoms with E-state index in [0.29, 0.717) is 0 Å². The molecule has 0 N–H and O–H groups in total. The summed E-state index contributed by atoms with van der Waals surface area (Å²) in [6, 6.07) is 35.6. The van der Waals surface area contributed by atoms with Gasteiger partial charge in [0.1, 0.15) is 0 Å². The Kier molecular flexibility index (Phi) is 2.44. The molecule has 0 radical (unpaired) electrons. The minimum absolute atomic E-state index is 1.25. The van der Waals surface area contributed by atoms with Crippen LogP contribution < -0.4 is 0 Å². The van der Waals surface area contributed by atoms with E-state index in [2.05, 4.69) is 106 Å². The molecule has 2 heteroatoms. The van der Waals surface area contributed by atoms with Crippen molar-refractivity contribution in [3.63, 3.8) is 0 Å². The zero-order valence-electron chi connectivity index (χ0n) is 16.1. The minimum Gasteiger partial charge on any atom is -0.305 e. The molecule has 0 spiro atoms. The van der Waals surface area contributed by atoms with Crippen LogP contribution in [-0.4, -0.2) is 8.80 Å². The van der Waals surface area contributed by atoms with Crippen molar-refractivity contribution in [1.29, 1.82) is 0 Å². The van der Waals surface area contributed by atoms with Crippen LogP contribution in [0.2, 0.25) is 0 Å². The van der Waals surface area contributed by atoms with Gasteiger partial charge in [0.05, 0.1) is 33.1 Å². The van der Waals surface area contributed by atoms with Gasteiger partial charge in [0, 0.05) is 21.5 Å². The maximum Gasteiger partial charge on any atom is 0.0789 e. The summed E-state index contributed by atoms with van der Waals surface area (Å²) in [6.07, 6.45) is 0. The number of fused-ring (bicyclic) bond motifs is 10. The first kappa shape index (κ1) is 14.9. The average Bonchev–Trinajstić information content (AvgIpc) is 3.31. The quantitative estimate of drug-likeness (QED) is 0.242. The summed E-state index contributed by atoms with van der Waals surface area (Å²) in [4.78, 5) is 0. The summed E-state index contributed by atoms with van der Waals surface area (Å²) >= 11 is 0. The van der Waals surface area contributed by atoms with Crippen molar-refractivity contribution in [3.8, 4) is 0 Å². The zero-order chi connectivity index (χ0) is 19.4. The third kappa shape index (κ3) is 1.56. The van der Waals surface area contributed by atoms with E-state index in [1.54, 1.807) is 0 Å². The predicted octanol–water partition coefficient (Wildman–Crippen LogP) is 7.40. The fraction of sp³-hybridized carbons (Fsp3) is 0. The molecule has 5 aromatic carbocycles. The second-order valence-electron chi connectivity index (χ2n) is 8.25. The number of hydrogen-bond acceptors (Lipinski definition) is 0. The van der Waals surface area contributed by atoms with Crippen LogP contribution in [0.25, 0.3) is 65.4 Å². The third-order valence-electron chi connectivity index (χ3n) is 6.79. The SMILES string of the molecule is c1ccc2cc3c(cc2c1)n1c2ccccc2c2ccc4c5ccccc5n3c4c21. The number of aromatic nitrogens is 2. The molecule has 0 fully saturated rings. The lowest BCUT2D eigenvalue weighted by Crippen LogP contribution is -1.97. The van der Waals surface area contributed by atoms with Crippen LogP contribution in [0.5, 0.6) is 0 Å². The molecule has 2 nitrogen and oxygen atoms in total. The molecule has 0 aliphatic carbocycles. The molecule has 3 aromatic heterocycles. The van der Waals surface area contributed by atoms with E-state index < -0.39 is 0 Å². The van der Waals surface area contributed by atoms with Crippen LogP contribution in [0.3, 0.4) is 0 Å². The molecule has 0 bridgehead atoms. The summed E-state index contributed by atoms with van der Waals surface area (Å²) in [7, 11) is 0. The van der Waals surface area contributed by atoms with Crippen LogP contribution in [0, 0.1) is 0 Å². The molecule has 0 unspecified atom stereocenters. The van der Waals surface area contributed by atoms with Crippen molar-refractivity contribution in [2.75, 3.05) is 0 Å². The Morgan fingerprint density at radius 1 is 0.367 bits per heavy atom. The van der Waals surface area contributed by atoms with Gasteiger partial charge in [-0.3, -0.25) is 0 Å². The molecule has 30 heavy (non-hydrogen) atoms. The van der Waals surface area contributed by atoms with Crippen molar-refractivity contribution in [2.45, 2.75) is 0 Å². The smallest absolute Gasteiger partial charge is 0.0789 e. The first-order valence-electron chi connectivity index (χ1n) is 10.4. The summed E-state index contributed by atoms with van der Waals surface area (Å²) in [5, 5.41) is 7.81. The Morgan fingerprint density at radius 2 is 0.800 bits per heavy atom. The highest BCUT2D eigenvalue weighted by atomic mass is 15.0. The maximum absolute atomic E-state index is 2.48. The van der Waals surface area contributed by atoms with Gasteiger partial charge >= 0.3 is 0 Å². The van der Waals surface area contributed by atoms with Crippen LogP contribution in [-0.2, 0) is 0 Å². The van der Waals surface area contributed by atoms with Crippen LogP contribution in [0.15, 0.2) is 97.1 Å². The highest BCUT2D eigenvalue weighted by Crippen LogP contribution is 2.42. The Hall–Kier alpha value is -4.04. The van der Waals surface area contributed by atoms with E-state index in [-0.39, 0.29) is 0 Å². The normalized spacial score (nSPS) is 12.7. The summed E-state index contributed by atoms with van der Waals surface area (Å²) in [6.45, 7) is 0. The molecule has 0 aliphatic rings. The lowest BCUT2D eigenvalue weighted by Gasteiger charge is -2.12. The highest BCUT2D eigenvalue weighted by molar-refractivity contribution is 6.25. The second kappa shape index (κ2) is 4.92. The first-order chi connectivity index (χ1) is 14.9. The van der Waals surface area contributed by atoms with E-state index in [1.807, 2.05) is 0 Å². The van der Waals surface area contributed by atoms with E-state index in [0.717, 1.165) is 0 Å². The van der Waals surface area contributed by atoms with Gasteiger partial charge in [-0.1, -0.05) is 72.8 Å². The van der Waals surface area contributed by atoms with Gasteiger partial charge in [0.15, 0.2) is 0 Å².